The number of ether oxygens (including phenoxy) is 1. The Morgan fingerprint density at radius 1 is 1.24 bits per heavy atom. The van der Waals surface area contributed by atoms with Gasteiger partial charge in [-0.2, -0.15) is 0 Å². The van der Waals surface area contributed by atoms with E-state index in [0.717, 1.165) is 18.6 Å². The molecule has 0 aliphatic carbocycles. The van der Waals surface area contributed by atoms with E-state index in [1.807, 2.05) is 19.1 Å². The number of hydrogen-bond acceptors (Lipinski definition) is 3. The van der Waals surface area contributed by atoms with E-state index in [0.29, 0.717) is 5.88 Å². The molecule has 0 amide bonds. The summed E-state index contributed by atoms with van der Waals surface area (Å²) in [5.41, 5.74) is 6.79. The van der Waals surface area contributed by atoms with Gasteiger partial charge in [-0.25, -0.2) is 4.98 Å². The van der Waals surface area contributed by atoms with Crippen LogP contribution in [-0.4, -0.2) is 11.6 Å². The highest BCUT2D eigenvalue weighted by atomic mass is 16.5. The van der Waals surface area contributed by atoms with Crippen LogP contribution in [0.4, 0.5) is 0 Å². The van der Waals surface area contributed by atoms with Gasteiger partial charge in [-0.05, 0) is 18.9 Å². The van der Waals surface area contributed by atoms with Crippen molar-refractivity contribution >= 4 is 0 Å². The second-order valence-corrected chi connectivity index (χ2v) is 4.48. The number of hydrogen-bond donors (Lipinski definition) is 1. The Morgan fingerprint density at radius 2 is 2.00 bits per heavy atom. The number of pyridine rings is 1. The topological polar surface area (TPSA) is 48.1 Å². The van der Waals surface area contributed by atoms with Crippen LogP contribution in [0.1, 0.15) is 57.6 Å². The molecule has 0 radical (unpaired) electrons. The third kappa shape index (κ3) is 5.68. The van der Waals surface area contributed by atoms with Crippen LogP contribution >= 0.6 is 0 Å². The normalized spacial score (nSPS) is 12.4. The number of nitrogens with two attached hydrogens (primary N) is 1. The van der Waals surface area contributed by atoms with E-state index in [9.17, 15) is 0 Å². The molecule has 1 aromatic rings. The summed E-state index contributed by atoms with van der Waals surface area (Å²) in [5, 5.41) is 0. The highest BCUT2D eigenvalue weighted by Crippen LogP contribution is 2.13. The fourth-order valence-corrected chi connectivity index (χ4v) is 1.63. The monoisotopic (exact) mass is 236 g/mol. The van der Waals surface area contributed by atoms with Gasteiger partial charge in [-0.1, -0.05) is 38.7 Å². The molecule has 2 N–H and O–H groups in total. The van der Waals surface area contributed by atoms with Gasteiger partial charge >= 0.3 is 0 Å². The lowest BCUT2D eigenvalue weighted by Crippen LogP contribution is -2.06. The second-order valence-electron chi connectivity index (χ2n) is 4.48. The molecule has 0 saturated carbocycles. The highest BCUT2D eigenvalue weighted by molar-refractivity contribution is 5.19. The fraction of sp³-hybridized carbons (Fsp3) is 0.643. The average Bonchev–Trinajstić information content (AvgIpc) is 2.34. The van der Waals surface area contributed by atoms with Crippen molar-refractivity contribution in [2.45, 2.75) is 52.0 Å². The van der Waals surface area contributed by atoms with E-state index >= 15 is 0 Å². The first-order valence-corrected chi connectivity index (χ1v) is 6.58. The largest absolute Gasteiger partial charge is 0.478 e. The summed E-state index contributed by atoms with van der Waals surface area (Å²) in [5.74, 6) is 0.699. The van der Waals surface area contributed by atoms with Crippen molar-refractivity contribution in [2.75, 3.05) is 6.61 Å². The Morgan fingerprint density at radius 3 is 2.59 bits per heavy atom. The van der Waals surface area contributed by atoms with Crippen LogP contribution in [0.15, 0.2) is 18.3 Å². The van der Waals surface area contributed by atoms with Gasteiger partial charge in [0.15, 0.2) is 0 Å². The maximum Gasteiger partial charge on any atom is 0.213 e. The number of aromatic nitrogens is 1. The van der Waals surface area contributed by atoms with E-state index in [1.54, 1.807) is 6.20 Å². The van der Waals surface area contributed by atoms with Crippen molar-refractivity contribution < 1.29 is 4.74 Å². The highest BCUT2D eigenvalue weighted by Gasteiger charge is 2.00. The van der Waals surface area contributed by atoms with E-state index in [1.165, 1.54) is 25.7 Å². The third-order valence-electron chi connectivity index (χ3n) is 2.78. The Bertz CT molecular complexity index is 296. The zero-order valence-corrected chi connectivity index (χ0v) is 11.0. The van der Waals surface area contributed by atoms with E-state index in [4.69, 9.17) is 10.5 Å². The van der Waals surface area contributed by atoms with Crippen LogP contribution in [-0.2, 0) is 0 Å². The van der Waals surface area contributed by atoms with E-state index in [-0.39, 0.29) is 6.04 Å². The molecule has 1 heterocycles. The van der Waals surface area contributed by atoms with Crippen molar-refractivity contribution in [1.29, 1.82) is 0 Å². The summed E-state index contributed by atoms with van der Waals surface area (Å²) in [6.07, 6.45) is 8.04. The average molecular weight is 236 g/mol. The molecule has 3 nitrogen and oxygen atoms in total. The molecule has 0 saturated heterocycles. The minimum Gasteiger partial charge on any atom is -0.478 e. The lowest BCUT2D eigenvalue weighted by Gasteiger charge is -2.07. The first-order valence-electron chi connectivity index (χ1n) is 6.58. The molecule has 0 spiro atoms. The van der Waals surface area contributed by atoms with Crippen LogP contribution in [0.25, 0.3) is 0 Å². The zero-order valence-electron chi connectivity index (χ0n) is 11.0. The molecule has 17 heavy (non-hydrogen) atoms. The summed E-state index contributed by atoms with van der Waals surface area (Å²) in [6, 6.07) is 3.90. The number of unbranched alkanes of at least 4 members (excludes halogenated alkanes) is 4. The summed E-state index contributed by atoms with van der Waals surface area (Å²) in [6.45, 7) is 4.93. The smallest absolute Gasteiger partial charge is 0.213 e. The van der Waals surface area contributed by atoms with Gasteiger partial charge in [-0.15, -0.1) is 0 Å². The summed E-state index contributed by atoms with van der Waals surface area (Å²) in [4.78, 5) is 4.23. The zero-order chi connectivity index (χ0) is 12.5. The number of rotatable bonds is 8. The molecule has 3 heteroatoms. The maximum atomic E-state index is 5.75. The van der Waals surface area contributed by atoms with Crippen molar-refractivity contribution in [3.63, 3.8) is 0 Å². The molecule has 0 bridgehead atoms. The Kier molecular flexibility index (Phi) is 6.63. The Hall–Kier alpha value is -1.09. The van der Waals surface area contributed by atoms with Crippen LogP contribution in [0.3, 0.4) is 0 Å². The van der Waals surface area contributed by atoms with Gasteiger partial charge in [0.25, 0.3) is 0 Å². The van der Waals surface area contributed by atoms with Gasteiger partial charge in [0.05, 0.1) is 6.61 Å². The molecule has 0 fully saturated rings. The molecule has 0 aliphatic heterocycles. The quantitative estimate of drug-likeness (QED) is 0.703. The van der Waals surface area contributed by atoms with Gasteiger partial charge in [0.1, 0.15) is 0 Å². The third-order valence-corrected chi connectivity index (χ3v) is 2.78. The lowest BCUT2D eigenvalue weighted by molar-refractivity contribution is 0.293. The van der Waals surface area contributed by atoms with Crippen LogP contribution in [0.5, 0.6) is 5.88 Å². The van der Waals surface area contributed by atoms with Crippen molar-refractivity contribution in [3.05, 3.63) is 23.9 Å². The minimum atomic E-state index is 0.0330. The molecule has 1 unspecified atom stereocenters. The molecule has 96 valence electrons. The molecule has 0 aromatic carbocycles. The molecule has 1 aromatic heterocycles. The predicted molar refractivity (Wildman–Crippen MR) is 71.1 cm³/mol. The summed E-state index contributed by atoms with van der Waals surface area (Å²) >= 11 is 0. The summed E-state index contributed by atoms with van der Waals surface area (Å²) < 4.78 is 5.57. The molecule has 0 aliphatic rings. The fourth-order valence-electron chi connectivity index (χ4n) is 1.63. The van der Waals surface area contributed by atoms with Gasteiger partial charge in [0.2, 0.25) is 5.88 Å². The van der Waals surface area contributed by atoms with Crippen LogP contribution in [0.2, 0.25) is 0 Å². The number of nitrogens with zero attached hydrogens (tertiary/aromatic N) is 1. The molecule has 1 atom stereocenters. The van der Waals surface area contributed by atoms with Crippen molar-refractivity contribution in [3.8, 4) is 5.88 Å². The molecular weight excluding hydrogens is 212 g/mol. The van der Waals surface area contributed by atoms with Crippen molar-refractivity contribution in [2.24, 2.45) is 5.73 Å². The first-order chi connectivity index (χ1) is 8.24. The molecular formula is C14H24N2O. The standard InChI is InChI=1S/C14H24N2O/c1-3-4-5-6-7-10-17-14-9-8-13(11-16-14)12(2)15/h8-9,11-12H,3-7,10,15H2,1-2H3. The Balaban J connectivity index is 2.19. The van der Waals surface area contributed by atoms with Crippen molar-refractivity contribution in [1.82, 2.24) is 4.98 Å². The summed E-state index contributed by atoms with van der Waals surface area (Å²) in [7, 11) is 0. The SMILES string of the molecule is CCCCCCCOc1ccc(C(C)N)cn1. The Labute approximate surface area is 104 Å². The van der Waals surface area contributed by atoms with Crippen LogP contribution < -0.4 is 10.5 Å². The lowest BCUT2D eigenvalue weighted by atomic mass is 10.1. The van der Waals surface area contributed by atoms with Gasteiger partial charge in [-0.3, -0.25) is 0 Å². The van der Waals surface area contributed by atoms with E-state index < -0.39 is 0 Å². The predicted octanol–water partition coefficient (Wildman–Crippen LogP) is 3.45. The minimum absolute atomic E-state index is 0.0330. The van der Waals surface area contributed by atoms with Gasteiger partial charge < -0.3 is 10.5 Å². The molecule has 1 rings (SSSR count). The first kappa shape index (κ1) is 14.0. The van der Waals surface area contributed by atoms with E-state index in [2.05, 4.69) is 11.9 Å². The maximum absolute atomic E-state index is 5.75. The second kappa shape index (κ2) is 8.07. The van der Waals surface area contributed by atoms with Crippen LogP contribution in [0, 0.1) is 0 Å². The van der Waals surface area contributed by atoms with Gasteiger partial charge in [0, 0.05) is 18.3 Å².